The minimum Gasteiger partial charge on any atom is -0.292 e. The van der Waals surface area contributed by atoms with Gasteiger partial charge in [-0.15, -0.1) is 0 Å². The molecule has 1 atom stereocenters. The molecule has 4 rings (SSSR count). The van der Waals surface area contributed by atoms with Crippen LogP contribution in [0.1, 0.15) is 20.7 Å². The number of halogens is 1. The van der Waals surface area contributed by atoms with Crippen molar-refractivity contribution in [2.75, 3.05) is 0 Å². The number of ketones is 2. The molecule has 7 heteroatoms. The number of rotatable bonds is 2. The highest BCUT2D eigenvalue weighted by Crippen LogP contribution is 2.26. The Kier molecular flexibility index (Phi) is 3.71. The first-order chi connectivity index (χ1) is 12.4. The minimum absolute atomic E-state index is 0.190. The number of carbonyl (C=O) groups excluding carboxylic acids is 2. The van der Waals surface area contributed by atoms with E-state index in [-0.39, 0.29) is 11.1 Å². The van der Waals surface area contributed by atoms with Crippen LogP contribution < -0.4 is 4.72 Å². The number of benzene rings is 3. The fourth-order valence-corrected chi connectivity index (χ4v) is 4.41. The van der Waals surface area contributed by atoms with Crippen LogP contribution in [0.3, 0.4) is 0 Å². The molecule has 1 N–H and O–H groups in total. The molecular weight excluding hydrogens is 357 g/mol. The summed E-state index contributed by atoms with van der Waals surface area (Å²) in [5.74, 6) is -2.13. The molecule has 0 saturated carbocycles. The van der Waals surface area contributed by atoms with Crippen LogP contribution in [0.5, 0.6) is 0 Å². The number of hydrogen-bond acceptors (Lipinski definition) is 4. The maximum atomic E-state index is 13.4. The van der Waals surface area contributed by atoms with Gasteiger partial charge in [-0.3, -0.25) is 9.59 Å². The SMILES string of the molecule is O=C(c1ccc2ccccc2c1)C1NS(=O)(=O)c2cc(F)ccc2C1=O. The highest BCUT2D eigenvalue weighted by molar-refractivity contribution is 7.89. The van der Waals surface area contributed by atoms with Crippen molar-refractivity contribution in [2.45, 2.75) is 10.9 Å². The van der Waals surface area contributed by atoms with E-state index in [0.29, 0.717) is 0 Å². The van der Waals surface area contributed by atoms with Gasteiger partial charge in [0.15, 0.2) is 11.6 Å². The Morgan fingerprint density at radius 3 is 2.46 bits per heavy atom. The average molecular weight is 369 g/mol. The van der Waals surface area contributed by atoms with Crippen LogP contribution in [0.25, 0.3) is 10.8 Å². The third-order valence-corrected chi connectivity index (χ3v) is 5.79. The summed E-state index contributed by atoms with van der Waals surface area (Å²) in [4.78, 5) is 25.0. The first kappa shape index (κ1) is 16.6. The summed E-state index contributed by atoms with van der Waals surface area (Å²) < 4.78 is 40.1. The van der Waals surface area contributed by atoms with Crippen molar-refractivity contribution in [1.29, 1.82) is 0 Å². The molecule has 130 valence electrons. The summed E-state index contributed by atoms with van der Waals surface area (Å²) in [5, 5.41) is 1.72. The van der Waals surface area contributed by atoms with Gasteiger partial charge in [0, 0.05) is 11.1 Å². The normalized spacial score (nSPS) is 18.5. The summed E-state index contributed by atoms with van der Waals surface area (Å²) in [6, 6.07) is 13.5. The lowest BCUT2D eigenvalue weighted by Gasteiger charge is -2.23. The van der Waals surface area contributed by atoms with Gasteiger partial charge in [-0.2, -0.15) is 4.72 Å². The van der Waals surface area contributed by atoms with Crippen molar-refractivity contribution >= 4 is 32.4 Å². The number of hydrogen-bond donors (Lipinski definition) is 1. The summed E-state index contributed by atoms with van der Waals surface area (Å²) in [5.41, 5.74) is 0.0274. The standard InChI is InChI=1S/C19H12FNO4S/c20-14-7-8-15-16(10-14)26(24,25)21-17(19(15)23)18(22)13-6-5-11-3-1-2-4-12(11)9-13/h1-10,17,21H. The molecule has 0 spiro atoms. The van der Waals surface area contributed by atoms with Crippen molar-refractivity contribution < 1.29 is 22.4 Å². The molecule has 0 bridgehead atoms. The molecule has 5 nitrogen and oxygen atoms in total. The number of carbonyl (C=O) groups is 2. The Labute approximate surface area is 148 Å². The topological polar surface area (TPSA) is 80.3 Å². The maximum absolute atomic E-state index is 13.4. The highest BCUT2D eigenvalue weighted by Gasteiger charge is 2.40. The van der Waals surface area contributed by atoms with Gasteiger partial charge < -0.3 is 0 Å². The molecule has 0 amide bonds. The van der Waals surface area contributed by atoms with Crippen LogP contribution in [0.15, 0.2) is 65.6 Å². The van der Waals surface area contributed by atoms with E-state index in [4.69, 9.17) is 0 Å². The van der Waals surface area contributed by atoms with Crippen molar-refractivity contribution in [3.05, 3.63) is 77.6 Å². The molecule has 0 aromatic heterocycles. The van der Waals surface area contributed by atoms with Crippen LogP contribution in [0.4, 0.5) is 4.39 Å². The lowest BCUT2D eigenvalue weighted by molar-refractivity contribution is 0.0846. The van der Waals surface area contributed by atoms with E-state index in [1.807, 2.05) is 24.3 Å². The summed E-state index contributed by atoms with van der Waals surface area (Å²) in [7, 11) is -4.17. The Morgan fingerprint density at radius 2 is 1.69 bits per heavy atom. The molecule has 0 fully saturated rings. The fourth-order valence-electron chi connectivity index (χ4n) is 3.03. The molecule has 1 unspecified atom stereocenters. The quantitative estimate of drug-likeness (QED) is 0.556. The molecule has 3 aromatic rings. The first-order valence-electron chi connectivity index (χ1n) is 7.76. The number of sulfonamides is 1. The summed E-state index contributed by atoms with van der Waals surface area (Å²) in [6.45, 7) is 0. The van der Waals surface area contributed by atoms with Crippen molar-refractivity contribution in [3.63, 3.8) is 0 Å². The van der Waals surface area contributed by atoms with Gasteiger partial charge >= 0.3 is 0 Å². The van der Waals surface area contributed by atoms with Crippen molar-refractivity contribution in [2.24, 2.45) is 0 Å². The van der Waals surface area contributed by atoms with Crippen LogP contribution >= 0.6 is 0 Å². The number of nitrogens with one attached hydrogen (secondary N) is 1. The van der Waals surface area contributed by atoms with E-state index < -0.39 is 38.3 Å². The van der Waals surface area contributed by atoms with Gasteiger partial charge in [-0.1, -0.05) is 36.4 Å². The van der Waals surface area contributed by atoms with Crippen LogP contribution in [0.2, 0.25) is 0 Å². The van der Waals surface area contributed by atoms with Gasteiger partial charge in [-0.25, -0.2) is 12.8 Å². The first-order valence-corrected chi connectivity index (χ1v) is 9.24. The largest absolute Gasteiger partial charge is 0.292 e. The third kappa shape index (κ3) is 2.61. The van der Waals surface area contributed by atoms with Gasteiger partial charge in [0.05, 0.1) is 4.90 Å². The summed E-state index contributed by atoms with van der Waals surface area (Å²) in [6.07, 6.45) is 0. The number of fused-ring (bicyclic) bond motifs is 2. The van der Waals surface area contributed by atoms with E-state index in [2.05, 4.69) is 4.72 Å². The monoisotopic (exact) mass is 369 g/mol. The number of Topliss-reactive ketones (excluding diaryl/α,β-unsaturated/α-hetero) is 2. The van der Waals surface area contributed by atoms with Crippen molar-refractivity contribution in [3.8, 4) is 0 Å². The predicted molar refractivity (Wildman–Crippen MR) is 93.1 cm³/mol. The zero-order valence-corrected chi connectivity index (χ0v) is 14.1. The van der Waals surface area contributed by atoms with Crippen molar-refractivity contribution in [1.82, 2.24) is 4.72 Å². The zero-order valence-electron chi connectivity index (χ0n) is 13.3. The summed E-state index contributed by atoms with van der Waals surface area (Å²) >= 11 is 0. The molecule has 0 radical (unpaired) electrons. The Morgan fingerprint density at radius 1 is 0.962 bits per heavy atom. The smallest absolute Gasteiger partial charge is 0.242 e. The molecule has 1 heterocycles. The van der Waals surface area contributed by atoms with Crippen LogP contribution in [-0.2, 0) is 10.0 Å². The van der Waals surface area contributed by atoms with E-state index in [1.54, 1.807) is 18.2 Å². The molecule has 0 saturated heterocycles. The van der Waals surface area contributed by atoms with Gasteiger partial charge in [0.2, 0.25) is 10.0 Å². The average Bonchev–Trinajstić information content (AvgIpc) is 2.64. The van der Waals surface area contributed by atoms with E-state index >= 15 is 0 Å². The fraction of sp³-hybridized carbons (Fsp3) is 0.0526. The lowest BCUT2D eigenvalue weighted by atomic mass is 9.95. The molecule has 0 aliphatic carbocycles. The lowest BCUT2D eigenvalue weighted by Crippen LogP contribution is -2.50. The second-order valence-electron chi connectivity index (χ2n) is 5.99. The van der Waals surface area contributed by atoms with Gasteiger partial charge in [0.25, 0.3) is 0 Å². The minimum atomic E-state index is -4.17. The van der Waals surface area contributed by atoms with Gasteiger partial charge in [0.1, 0.15) is 11.9 Å². The Hall–Kier alpha value is -2.90. The predicted octanol–water partition coefficient (Wildman–Crippen LogP) is 2.71. The second kappa shape index (κ2) is 5.82. The third-order valence-electron chi connectivity index (χ3n) is 4.33. The van der Waals surface area contributed by atoms with E-state index in [0.717, 1.165) is 29.0 Å². The van der Waals surface area contributed by atoms with E-state index in [9.17, 15) is 22.4 Å². The van der Waals surface area contributed by atoms with Crippen LogP contribution in [0, 0.1) is 5.82 Å². The zero-order chi connectivity index (χ0) is 18.5. The molecule has 26 heavy (non-hydrogen) atoms. The molecule has 1 aliphatic heterocycles. The Bertz CT molecular complexity index is 1190. The van der Waals surface area contributed by atoms with Crippen LogP contribution in [-0.4, -0.2) is 26.0 Å². The Balaban J connectivity index is 1.78. The van der Waals surface area contributed by atoms with E-state index in [1.165, 1.54) is 0 Å². The molecule has 1 aliphatic rings. The highest BCUT2D eigenvalue weighted by atomic mass is 32.2. The van der Waals surface area contributed by atoms with Gasteiger partial charge in [-0.05, 0) is 35.0 Å². The second-order valence-corrected chi connectivity index (χ2v) is 7.67. The molecular formula is C19H12FNO4S. The molecule has 3 aromatic carbocycles. The maximum Gasteiger partial charge on any atom is 0.242 e.